The van der Waals surface area contributed by atoms with Crippen LogP contribution in [0, 0.1) is 0 Å². The molecular formula is C9H12ClN3O2S. The second kappa shape index (κ2) is 5.72. The maximum absolute atomic E-state index is 11.9. The molecule has 1 heterocycles. The first kappa shape index (κ1) is 12.8. The number of amides is 1. The number of nitrogens with two attached hydrogens (primary N) is 1. The van der Waals surface area contributed by atoms with Crippen LogP contribution in [0.2, 0.25) is 4.34 Å². The highest BCUT2D eigenvalue weighted by Gasteiger charge is 2.17. The summed E-state index contributed by atoms with van der Waals surface area (Å²) in [6.07, 6.45) is 0. The highest BCUT2D eigenvalue weighted by Crippen LogP contribution is 2.22. The number of halogens is 1. The van der Waals surface area contributed by atoms with Crippen LogP contribution in [0.5, 0.6) is 0 Å². The zero-order valence-electron chi connectivity index (χ0n) is 8.68. The fraction of sp³-hybridized carbons (Fsp3) is 0.333. The molecule has 0 spiro atoms. The molecule has 0 aliphatic carbocycles. The van der Waals surface area contributed by atoms with E-state index in [0.29, 0.717) is 15.8 Å². The SMILES string of the molecule is CCN(CC(N)=NO)C(=O)c1ccc(Cl)s1. The summed E-state index contributed by atoms with van der Waals surface area (Å²) in [5, 5.41) is 11.3. The summed E-state index contributed by atoms with van der Waals surface area (Å²) in [6, 6.07) is 3.32. The third kappa shape index (κ3) is 3.11. The van der Waals surface area contributed by atoms with Crippen molar-refractivity contribution in [2.45, 2.75) is 6.92 Å². The number of likely N-dealkylation sites (N-methyl/N-ethyl adjacent to an activating group) is 1. The normalized spacial score (nSPS) is 11.5. The molecule has 0 saturated carbocycles. The molecule has 0 radical (unpaired) electrons. The lowest BCUT2D eigenvalue weighted by Crippen LogP contribution is -2.38. The molecule has 3 N–H and O–H groups in total. The Morgan fingerprint density at radius 1 is 1.69 bits per heavy atom. The number of hydrogen-bond acceptors (Lipinski definition) is 4. The van der Waals surface area contributed by atoms with Crippen LogP contribution in [-0.4, -0.2) is 34.9 Å². The van der Waals surface area contributed by atoms with Crippen LogP contribution in [0.3, 0.4) is 0 Å². The van der Waals surface area contributed by atoms with Crippen LogP contribution < -0.4 is 5.73 Å². The minimum atomic E-state index is -0.175. The van der Waals surface area contributed by atoms with Gasteiger partial charge in [0.15, 0.2) is 5.84 Å². The number of hydrogen-bond donors (Lipinski definition) is 2. The summed E-state index contributed by atoms with van der Waals surface area (Å²) >= 11 is 6.95. The van der Waals surface area contributed by atoms with Gasteiger partial charge in [0.25, 0.3) is 5.91 Å². The Morgan fingerprint density at radius 3 is 2.81 bits per heavy atom. The molecule has 1 aromatic rings. The summed E-state index contributed by atoms with van der Waals surface area (Å²) in [6.45, 7) is 2.39. The molecule has 0 aliphatic rings. The predicted molar refractivity (Wildman–Crippen MR) is 64.3 cm³/mol. The summed E-state index contributed by atoms with van der Waals surface area (Å²) in [5.74, 6) is -0.177. The van der Waals surface area contributed by atoms with Crippen molar-refractivity contribution >= 4 is 34.7 Å². The minimum absolute atomic E-state index is 0.00199. The van der Waals surface area contributed by atoms with Gasteiger partial charge in [-0.3, -0.25) is 4.79 Å². The van der Waals surface area contributed by atoms with Crippen molar-refractivity contribution in [2.75, 3.05) is 13.1 Å². The average molecular weight is 262 g/mol. The summed E-state index contributed by atoms with van der Waals surface area (Å²) in [5.41, 5.74) is 5.35. The van der Waals surface area contributed by atoms with Gasteiger partial charge in [0.05, 0.1) is 15.8 Å². The van der Waals surface area contributed by atoms with Gasteiger partial charge in [-0.1, -0.05) is 16.8 Å². The van der Waals surface area contributed by atoms with Crippen molar-refractivity contribution in [1.29, 1.82) is 0 Å². The number of nitrogens with zero attached hydrogens (tertiary/aromatic N) is 2. The Labute approximate surface area is 102 Å². The van der Waals surface area contributed by atoms with Gasteiger partial charge in [-0.05, 0) is 19.1 Å². The fourth-order valence-electron chi connectivity index (χ4n) is 1.14. The smallest absolute Gasteiger partial charge is 0.264 e. The highest BCUT2D eigenvalue weighted by molar-refractivity contribution is 7.17. The molecule has 7 heteroatoms. The molecule has 88 valence electrons. The molecule has 0 saturated heterocycles. The van der Waals surface area contributed by atoms with Crippen molar-refractivity contribution in [3.05, 3.63) is 21.3 Å². The zero-order chi connectivity index (χ0) is 12.1. The fourth-order valence-corrected chi connectivity index (χ4v) is 2.15. The predicted octanol–water partition coefficient (Wildman–Crippen LogP) is 1.61. The Balaban J connectivity index is 2.77. The zero-order valence-corrected chi connectivity index (χ0v) is 10.3. The topological polar surface area (TPSA) is 78.9 Å². The second-order valence-electron chi connectivity index (χ2n) is 3.01. The first-order valence-electron chi connectivity index (χ1n) is 4.59. The number of rotatable bonds is 4. The van der Waals surface area contributed by atoms with E-state index in [0.717, 1.165) is 0 Å². The van der Waals surface area contributed by atoms with E-state index in [-0.39, 0.29) is 18.3 Å². The number of thiophene rings is 1. The first-order valence-corrected chi connectivity index (χ1v) is 5.79. The van der Waals surface area contributed by atoms with Gasteiger partial charge < -0.3 is 15.8 Å². The monoisotopic (exact) mass is 261 g/mol. The Kier molecular flexibility index (Phi) is 4.57. The molecule has 1 aromatic heterocycles. The minimum Gasteiger partial charge on any atom is -0.409 e. The molecular weight excluding hydrogens is 250 g/mol. The van der Waals surface area contributed by atoms with Gasteiger partial charge in [0, 0.05) is 6.54 Å². The number of carbonyl (C=O) groups is 1. The molecule has 0 aliphatic heterocycles. The molecule has 0 fully saturated rings. The lowest BCUT2D eigenvalue weighted by molar-refractivity contribution is 0.0791. The van der Waals surface area contributed by atoms with Crippen LogP contribution >= 0.6 is 22.9 Å². The van der Waals surface area contributed by atoms with Crippen molar-refractivity contribution in [1.82, 2.24) is 4.90 Å². The summed E-state index contributed by atoms with van der Waals surface area (Å²) in [4.78, 5) is 13.9. The lowest BCUT2D eigenvalue weighted by Gasteiger charge is -2.18. The number of oxime groups is 1. The third-order valence-corrected chi connectivity index (χ3v) is 3.15. The Morgan fingerprint density at radius 2 is 2.38 bits per heavy atom. The number of carbonyl (C=O) groups excluding carboxylic acids is 1. The van der Waals surface area contributed by atoms with E-state index >= 15 is 0 Å². The Bertz CT molecular complexity index is 405. The van der Waals surface area contributed by atoms with E-state index in [2.05, 4.69) is 5.16 Å². The Hall–Kier alpha value is -1.27. The van der Waals surface area contributed by atoms with Crippen molar-refractivity contribution in [3.8, 4) is 0 Å². The van der Waals surface area contributed by atoms with Crippen LogP contribution in [0.25, 0.3) is 0 Å². The first-order chi connectivity index (χ1) is 7.58. The quantitative estimate of drug-likeness (QED) is 0.374. The molecule has 1 rings (SSSR count). The van der Waals surface area contributed by atoms with Crippen molar-refractivity contribution < 1.29 is 10.0 Å². The van der Waals surface area contributed by atoms with Crippen LogP contribution in [0.15, 0.2) is 17.3 Å². The van der Waals surface area contributed by atoms with E-state index in [9.17, 15) is 4.79 Å². The summed E-state index contributed by atoms with van der Waals surface area (Å²) in [7, 11) is 0. The van der Waals surface area contributed by atoms with E-state index in [1.807, 2.05) is 6.92 Å². The van der Waals surface area contributed by atoms with E-state index < -0.39 is 0 Å². The molecule has 0 aromatic carbocycles. The van der Waals surface area contributed by atoms with Gasteiger partial charge in [-0.15, -0.1) is 11.3 Å². The van der Waals surface area contributed by atoms with E-state index in [1.54, 1.807) is 12.1 Å². The van der Waals surface area contributed by atoms with Gasteiger partial charge in [-0.25, -0.2) is 0 Å². The third-order valence-electron chi connectivity index (χ3n) is 1.93. The van der Waals surface area contributed by atoms with E-state index in [1.165, 1.54) is 16.2 Å². The molecule has 0 bridgehead atoms. The second-order valence-corrected chi connectivity index (χ2v) is 4.73. The van der Waals surface area contributed by atoms with Gasteiger partial charge >= 0.3 is 0 Å². The molecule has 1 amide bonds. The standard InChI is InChI=1S/C9H12ClN3O2S/c1-2-13(5-8(11)12-15)9(14)6-3-4-7(10)16-6/h3-4,15H,2,5H2,1H3,(H2,11,12). The van der Waals surface area contributed by atoms with Crippen LogP contribution in [-0.2, 0) is 0 Å². The molecule has 0 unspecified atom stereocenters. The number of amidine groups is 1. The largest absolute Gasteiger partial charge is 0.409 e. The molecule has 16 heavy (non-hydrogen) atoms. The molecule has 5 nitrogen and oxygen atoms in total. The molecule has 0 atom stereocenters. The van der Waals surface area contributed by atoms with Crippen molar-refractivity contribution in [3.63, 3.8) is 0 Å². The maximum atomic E-state index is 11.9. The van der Waals surface area contributed by atoms with Gasteiger partial charge in [0.2, 0.25) is 0 Å². The summed E-state index contributed by atoms with van der Waals surface area (Å²) < 4.78 is 0.559. The average Bonchev–Trinajstić information content (AvgIpc) is 2.71. The van der Waals surface area contributed by atoms with Gasteiger partial charge in [-0.2, -0.15) is 0 Å². The van der Waals surface area contributed by atoms with E-state index in [4.69, 9.17) is 22.5 Å². The van der Waals surface area contributed by atoms with Crippen molar-refractivity contribution in [2.24, 2.45) is 10.9 Å². The highest BCUT2D eigenvalue weighted by atomic mass is 35.5. The van der Waals surface area contributed by atoms with Gasteiger partial charge in [0.1, 0.15) is 0 Å². The lowest BCUT2D eigenvalue weighted by atomic mass is 10.3. The van der Waals surface area contributed by atoms with Crippen LogP contribution in [0.1, 0.15) is 16.6 Å². The maximum Gasteiger partial charge on any atom is 0.264 e. The van der Waals surface area contributed by atoms with Crippen LogP contribution in [0.4, 0.5) is 0 Å².